The summed E-state index contributed by atoms with van der Waals surface area (Å²) in [6, 6.07) is 8.75. The molecule has 2 bridgehead atoms. The van der Waals surface area contributed by atoms with Crippen LogP contribution in [-0.4, -0.2) is 52.4 Å². The van der Waals surface area contributed by atoms with Crippen molar-refractivity contribution in [1.82, 2.24) is 14.8 Å². The highest BCUT2D eigenvalue weighted by atomic mass is 35.5. The lowest BCUT2D eigenvalue weighted by atomic mass is 9.68. The molecule has 29 heavy (non-hydrogen) atoms. The Morgan fingerprint density at radius 3 is 3.00 bits per heavy atom. The van der Waals surface area contributed by atoms with Crippen LogP contribution in [0.1, 0.15) is 49.0 Å². The minimum atomic E-state index is 0.132. The molecule has 4 atom stereocenters. The number of halogens is 1. The largest absolute Gasteiger partial charge is 0.350 e. The van der Waals surface area contributed by atoms with Crippen LogP contribution in [0, 0.1) is 11.8 Å². The van der Waals surface area contributed by atoms with Crippen LogP contribution in [0.4, 0.5) is 0 Å². The Bertz CT molecular complexity index is 995. The zero-order valence-corrected chi connectivity index (χ0v) is 17.5. The van der Waals surface area contributed by atoms with Gasteiger partial charge in [0.2, 0.25) is 0 Å². The second-order valence-electron chi connectivity index (χ2n) is 9.39. The molecule has 0 spiro atoms. The number of nitrogens with one attached hydrogen (secondary N) is 1. The minimum Gasteiger partial charge on any atom is -0.350 e. The summed E-state index contributed by atoms with van der Waals surface area (Å²) < 4.78 is 0. The Hall–Kier alpha value is -1.78. The van der Waals surface area contributed by atoms with E-state index in [1.165, 1.54) is 37.8 Å². The molecule has 152 valence electrons. The lowest BCUT2D eigenvalue weighted by Crippen LogP contribution is -2.60. The minimum absolute atomic E-state index is 0.132. The molecule has 5 heteroatoms. The molecule has 1 N–H and O–H groups in total. The maximum Gasteiger partial charge on any atom is 0.270 e. The Morgan fingerprint density at radius 1 is 1.17 bits per heavy atom. The number of aromatic amines is 1. The number of rotatable bonds is 1. The number of amides is 1. The first-order chi connectivity index (χ1) is 14.2. The predicted octanol–water partition coefficient (Wildman–Crippen LogP) is 4.86. The molecular formula is C24H28ClN3O. The van der Waals surface area contributed by atoms with Crippen molar-refractivity contribution >= 4 is 28.4 Å². The van der Waals surface area contributed by atoms with Crippen molar-refractivity contribution in [3.63, 3.8) is 0 Å². The standard InChI is InChI=1S/C24H28ClN3O/c25-19-6-3-7-20-18(19)13-21(26-20)24(29)28-10-4-5-15-11-16-12-17(23(15)28)14-27-9-2-1-8-22(16)27/h3,6-7,11,13,16-17,22-23,26H,1-2,4-5,8-10,12,14H2. The monoisotopic (exact) mass is 409 g/mol. The smallest absolute Gasteiger partial charge is 0.270 e. The van der Waals surface area contributed by atoms with Crippen molar-refractivity contribution in [2.75, 3.05) is 19.6 Å². The van der Waals surface area contributed by atoms with Crippen molar-refractivity contribution in [2.24, 2.45) is 11.8 Å². The van der Waals surface area contributed by atoms with Gasteiger partial charge in [0.05, 0.1) is 6.04 Å². The number of hydrogen-bond donors (Lipinski definition) is 1. The Morgan fingerprint density at radius 2 is 2.10 bits per heavy atom. The van der Waals surface area contributed by atoms with Gasteiger partial charge in [0.25, 0.3) is 5.91 Å². The van der Waals surface area contributed by atoms with E-state index in [9.17, 15) is 4.79 Å². The molecular weight excluding hydrogens is 382 g/mol. The molecule has 4 nitrogen and oxygen atoms in total. The van der Waals surface area contributed by atoms with Crippen molar-refractivity contribution < 1.29 is 4.79 Å². The molecule has 4 unspecified atom stereocenters. The molecule has 1 amide bonds. The maximum atomic E-state index is 13.6. The maximum absolute atomic E-state index is 13.6. The molecule has 3 aliphatic heterocycles. The first-order valence-electron chi connectivity index (χ1n) is 11.2. The van der Waals surface area contributed by atoms with Gasteiger partial charge in [-0.05, 0) is 68.7 Å². The van der Waals surface area contributed by atoms with Crippen LogP contribution in [0.15, 0.2) is 35.9 Å². The number of hydrogen-bond acceptors (Lipinski definition) is 2. The molecule has 4 aliphatic rings. The number of nitrogens with zero attached hydrogens (tertiary/aromatic N) is 2. The van der Waals surface area contributed by atoms with E-state index in [-0.39, 0.29) is 11.9 Å². The summed E-state index contributed by atoms with van der Waals surface area (Å²) in [7, 11) is 0. The molecule has 0 radical (unpaired) electrons. The fourth-order valence-corrected chi connectivity index (χ4v) is 6.82. The summed E-state index contributed by atoms with van der Waals surface area (Å²) in [6.07, 6.45) is 10.1. The number of carbonyl (C=O) groups excluding carboxylic acids is 1. The number of benzene rings is 1. The number of likely N-dealkylation sites (tertiary alicyclic amines) is 1. The molecule has 4 heterocycles. The lowest BCUT2D eigenvalue weighted by Gasteiger charge is -2.54. The van der Waals surface area contributed by atoms with Crippen LogP contribution < -0.4 is 0 Å². The second-order valence-corrected chi connectivity index (χ2v) is 9.80. The van der Waals surface area contributed by atoms with Gasteiger partial charge in [-0.1, -0.05) is 35.7 Å². The predicted molar refractivity (Wildman–Crippen MR) is 116 cm³/mol. The number of fused-ring (bicyclic) bond motifs is 7. The van der Waals surface area contributed by atoms with Crippen molar-refractivity contribution in [1.29, 1.82) is 0 Å². The first kappa shape index (κ1) is 18.0. The average Bonchev–Trinajstić information content (AvgIpc) is 3.19. The summed E-state index contributed by atoms with van der Waals surface area (Å²) in [5.41, 5.74) is 3.14. The van der Waals surface area contributed by atoms with Gasteiger partial charge in [-0.15, -0.1) is 0 Å². The number of H-pyrrole nitrogens is 1. The van der Waals surface area contributed by atoms with Crippen LogP contribution in [0.5, 0.6) is 0 Å². The van der Waals surface area contributed by atoms with E-state index < -0.39 is 0 Å². The van der Waals surface area contributed by atoms with Gasteiger partial charge in [-0.2, -0.15) is 0 Å². The number of piperidine rings is 3. The molecule has 6 rings (SSSR count). The van der Waals surface area contributed by atoms with E-state index in [2.05, 4.69) is 20.9 Å². The zero-order chi connectivity index (χ0) is 19.5. The van der Waals surface area contributed by atoms with Gasteiger partial charge >= 0.3 is 0 Å². The van der Waals surface area contributed by atoms with E-state index >= 15 is 0 Å². The molecule has 3 fully saturated rings. The van der Waals surface area contributed by atoms with Crippen LogP contribution in [0.25, 0.3) is 10.9 Å². The van der Waals surface area contributed by atoms with Gasteiger partial charge < -0.3 is 9.88 Å². The highest BCUT2D eigenvalue weighted by molar-refractivity contribution is 6.35. The molecule has 0 saturated carbocycles. The third kappa shape index (κ3) is 2.87. The molecule has 1 aromatic heterocycles. The molecule has 1 aliphatic carbocycles. The summed E-state index contributed by atoms with van der Waals surface area (Å²) in [6.45, 7) is 3.25. The number of aromatic nitrogens is 1. The van der Waals surface area contributed by atoms with Crippen LogP contribution in [-0.2, 0) is 0 Å². The van der Waals surface area contributed by atoms with E-state index in [0.29, 0.717) is 22.6 Å². The average molecular weight is 410 g/mol. The van der Waals surface area contributed by atoms with Crippen molar-refractivity contribution in [2.45, 2.75) is 50.6 Å². The quantitative estimate of drug-likeness (QED) is 0.683. The van der Waals surface area contributed by atoms with Gasteiger partial charge in [-0.3, -0.25) is 9.69 Å². The third-order valence-electron chi connectivity index (χ3n) is 7.76. The number of carbonyl (C=O) groups is 1. The van der Waals surface area contributed by atoms with E-state index in [4.69, 9.17) is 11.6 Å². The first-order valence-corrected chi connectivity index (χ1v) is 11.6. The van der Waals surface area contributed by atoms with Crippen LogP contribution in [0.3, 0.4) is 0 Å². The summed E-state index contributed by atoms with van der Waals surface area (Å²) in [5.74, 6) is 1.40. The Labute approximate surface area is 176 Å². The molecule has 2 aromatic rings. The summed E-state index contributed by atoms with van der Waals surface area (Å²) in [5, 5.41) is 1.63. The highest BCUT2D eigenvalue weighted by Crippen LogP contribution is 2.45. The Kier molecular flexibility index (Phi) is 4.28. The van der Waals surface area contributed by atoms with Crippen LogP contribution >= 0.6 is 11.6 Å². The van der Waals surface area contributed by atoms with Crippen molar-refractivity contribution in [3.8, 4) is 0 Å². The van der Waals surface area contributed by atoms with Crippen LogP contribution in [0.2, 0.25) is 5.02 Å². The summed E-state index contributed by atoms with van der Waals surface area (Å²) in [4.78, 5) is 21.8. The van der Waals surface area contributed by atoms with E-state index in [1.54, 1.807) is 0 Å². The van der Waals surface area contributed by atoms with Gasteiger partial charge in [0.15, 0.2) is 0 Å². The van der Waals surface area contributed by atoms with E-state index in [0.717, 1.165) is 42.9 Å². The highest BCUT2D eigenvalue weighted by Gasteiger charge is 2.47. The van der Waals surface area contributed by atoms with Gasteiger partial charge in [-0.25, -0.2) is 0 Å². The normalized spacial score (nSPS) is 31.9. The summed E-state index contributed by atoms with van der Waals surface area (Å²) >= 11 is 6.35. The topological polar surface area (TPSA) is 39.3 Å². The third-order valence-corrected chi connectivity index (χ3v) is 8.09. The van der Waals surface area contributed by atoms with Gasteiger partial charge in [0, 0.05) is 35.1 Å². The van der Waals surface area contributed by atoms with E-state index in [1.807, 2.05) is 24.3 Å². The molecule has 1 aromatic carbocycles. The SMILES string of the molecule is O=C(c1cc2c(Cl)cccc2[nH]1)N1CCCC2=CC3CC(CN4CCCCC34)C21. The van der Waals surface area contributed by atoms with Gasteiger partial charge in [0.1, 0.15) is 5.69 Å². The lowest BCUT2D eigenvalue weighted by molar-refractivity contribution is 0.00134. The van der Waals surface area contributed by atoms with Crippen molar-refractivity contribution in [3.05, 3.63) is 46.6 Å². The second kappa shape index (κ2) is 6.88. The fraction of sp³-hybridized carbons (Fsp3) is 0.542. The molecule has 3 saturated heterocycles. The zero-order valence-electron chi connectivity index (χ0n) is 16.7. The fourth-order valence-electron chi connectivity index (χ4n) is 6.59. The Balaban J connectivity index is 1.34.